The summed E-state index contributed by atoms with van der Waals surface area (Å²) in [6.07, 6.45) is 3.81. The van der Waals surface area contributed by atoms with E-state index in [0.29, 0.717) is 35.3 Å². The third-order valence-corrected chi connectivity index (χ3v) is 4.94. The predicted molar refractivity (Wildman–Crippen MR) is 118 cm³/mol. The molecule has 1 amide bonds. The summed E-state index contributed by atoms with van der Waals surface area (Å²) in [6, 6.07) is 15.4. The number of hydrogen-bond acceptors (Lipinski definition) is 3. The Hall–Kier alpha value is -2.85. The second-order valence-corrected chi connectivity index (χ2v) is 7.33. The van der Waals surface area contributed by atoms with E-state index in [0.717, 1.165) is 17.5 Å². The zero-order valence-electron chi connectivity index (χ0n) is 17.0. The Balaban J connectivity index is 1.68. The summed E-state index contributed by atoms with van der Waals surface area (Å²) in [5.41, 5.74) is 4.63. The first-order valence-corrected chi connectivity index (χ1v) is 10.1. The Morgan fingerprint density at radius 2 is 1.93 bits per heavy atom. The van der Waals surface area contributed by atoms with Crippen molar-refractivity contribution in [1.82, 2.24) is 10.3 Å². The van der Waals surface area contributed by atoms with Gasteiger partial charge in [0.05, 0.1) is 0 Å². The number of benzene rings is 2. The summed E-state index contributed by atoms with van der Waals surface area (Å²) in [5.74, 6) is 0.734. The molecule has 3 aromatic rings. The number of hydrogen-bond donors (Lipinski definition) is 1. The molecular weight excluding hydrogens is 384 g/mol. The molecule has 0 fully saturated rings. The fourth-order valence-electron chi connectivity index (χ4n) is 3.24. The van der Waals surface area contributed by atoms with E-state index in [4.69, 9.17) is 16.0 Å². The third-order valence-electron chi connectivity index (χ3n) is 4.71. The number of aromatic nitrogens is 1. The molecule has 1 aromatic heterocycles. The number of halogens is 1. The van der Waals surface area contributed by atoms with E-state index >= 15 is 0 Å². The van der Waals surface area contributed by atoms with Gasteiger partial charge in [-0.05, 0) is 67.7 Å². The summed E-state index contributed by atoms with van der Waals surface area (Å²) in [7, 11) is 0. The number of nitrogens with one attached hydrogen (secondary N) is 1. The van der Waals surface area contributed by atoms with E-state index in [-0.39, 0.29) is 5.91 Å². The number of carbonyl (C=O) groups excluding carboxylic acids is 1. The number of rotatable bonds is 7. The minimum Gasteiger partial charge on any atom is -0.441 e. The van der Waals surface area contributed by atoms with Gasteiger partial charge in [-0.1, -0.05) is 48.9 Å². The number of allylic oxidation sites excluding steroid dienone is 1. The van der Waals surface area contributed by atoms with Gasteiger partial charge in [0.2, 0.25) is 5.89 Å². The first-order chi connectivity index (χ1) is 14.0. The maximum absolute atomic E-state index is 12.6. The second kappa shape index (κ2) is 9.57. The molecule has 29 heavy (non-hydrogen) atoms. The molecule has 0 aliphatic rings. The summed E-state index contributed by atoms with van der Waals surface area (Å²) < 4.78 is 5.69. The highest BCUT2D eigenvalue weighted by Gasteiger charge is 2.18. The van der Waals surface area contributed by atoms with Crippen LogP contribution in [0.4, 0.5) is 0 Å². The van der Waals surface area contributed by atoms with Gasteiger partial charge in [0.1, 0.15) is 5.76 Å². The monoisotopic (exact) mass is 408 g/mol. The number of carbonyl (C=O) groups is 1. The van der Waals surface area contributed by atoms with Crippen molar-refractivity contribution in [3.63, 3.8) is 0 Å². The Labute approximate surface area is 176 Å². The lowest BCUT2D eigenvalue weighted by Crippen LogP contribution is -2.25. The van der Waals surface area contributed by atoms with Crippen molar-refractivity contribution >= 4 is 23.1 Å². The van der Waals surface area contributed by atoms with Crippen molar-refractivity contribution in [2.24, 2.45) is 0 Å². The Morgan fingerprint density at radius 1 is 1.17 bits per heavy atom. The number of nitrogens with zero attached hydrogens (tertiary/aromatic N) is 1. The lowest BCUT2D eigenvalue weighted by atomic mass is 9.97. The molecule has 1 N–H and O–H groups in total. The Morgan fingerprint density at radius 3 is 2.66 bits per heavy atom. The molecule has 0 radical (unpaired) electrons. The zero-order valence-corrected chi connectivity index (χ0v) is 17.7. The average molecular weight is 409 g/mol. The molecule has 3 rings (SSSR count). The molecular formula is C24H25ClN2O2. The molecule has 0 saturated heterocycles. The normalized spacial score (nSPS) is 11.5. The maximum atomic E-state index is 12.6. The van der Waals surface area contributed by atoms with E-state index in [1.54, 1.807) is 6.92 Å². The fourth-order valence-corrected chi connectivity index (χ4v) is 3.41. The fraction of sp³-hybridized carbons (Fsp3) is 0.250. The minimum absolute atomic E-state index is 0.230. The van der Waals surface area contributed by atoms with Gasteiger partial charge in [-0.15, -0.1) is 0 Å². The third kappa shape index (κ3) is 5.15. The van der Waals surface area contributed by atoms with Crippen LogP contribution >= 0.6 is 11.6 Å². The standard InChI is InChI=1S/C24H25ClN2O2/c1-4-8-18(21-15-20(25)12-11-16(21)2)13-14-26-23(28)22-17(3)29-24(27-22)19-9-6-5-7-10-19/h5-12,15H,4,13-14H2,1-3H3,(H,26,28)/b18-8-. The van der Waals surface area contributed by atoms with Crippen LogP contribution in [0.5, 0.6) is 0 Å². The molecule has 150 valence electrons. The van der Waals surface area contributed by atoms with Gasteiger partial charge in [0.25, 0.3) is 5.91 Å². The quantitative estimate of drug-likeness (QED) is 0.504. The molecule has 0 unspecified atom stereocenters. The van der Waals surface area contributed by atoms with Gasteiger partial charge >= 0.3 is 0 Å². The van der Waals surface area contributed by atoms with Crippen LogP contribution in [0.2, 0.25) is 5.02 Å². The van der Waals surface area contributed by atoms with Crippen molar-refractivity contribution in [1.29, 1.82) is 0 Å². The van der Waals surface area contributed by atoms with E-state index in [1.807, 2.05) is 48.5 Å². The summed E-state index contributed by atoms with van der Waals surface area (Å²) >= 11 is 6.18. The molecule has 1 heterocycles. The van der Waals surface area contributed by atoms with Gasteiger partial charge in [0, 0.05) is 17.1 Å². The molecule has 4 nitrogen and oxygen atoms in total. The van der Waals surface area contributed by atoms with Crippen LogP contribution in [0.3, 0.4) is 0 Å². The van der Waals surface area contributed by atoms with Crippen molar-refractivity contribution in [2.75, 3.05) is 6.54 Å². The van der Waals surface area contributed by atoms with Gasteiger partial charge in [-0.2, -0.15) is 0 Å². The molecule has 2 aromatic carbocycles. The average Bonchev–Trinajstić information content (AvgIpc) is 3.11. The van der Waals surface area contributed by atoms with Crippen molar-refractivity contribution in [2.45, 2.75) is 33.6 Å². The number of oxazole rings is 1. The minimum atomic E-state index is -0.230. The van der Waals surface area contributed by atoms with Crippen LogP contribution < -0.4 is 5.32 Å². The zero-order chi connectivity index (χ0) is 20.8. The van der Waals surface area contributed by atoms with Gasteiger partial charge in [-0.25, -0.2) is 4.98 Å². The van der Waals surface area contributed by atoms with Crippen LogP contribution in [0.15, 0.2) is 59.0 Å². The maximum Gasteiger partial charge on any atom is 0.273 e. The number of amides is 1. The smallest absolute Gasteiger partial charge is 0.273 e. The van der Waals surface area contributed by atoms with Crippen LogP contribution in [-0.4, -0.2) is 17.4 Å². The molecule has 5 heteroatoms. The van der Waals surface area contributed by atoms with Crippen LogP contribution in [0.25, 0.3) is 17.0 Å². The number of aryl methyl sites for hydroxylation is 2. The van der Waals surface area contributed by atoms with E-state index in [9.17, 15) is 4.79 Å². The van der Waals surface area contributed by atoms with E-state index in [2.05, 4.69) is 30.2 Å². The van der Waals surface area contributed by atoms with Crippen LogP contribution in [0.1, 0.15) is 47.1 Å². The largest absolute Gasteiger partial charge is 0.441 e. The van der Waals surface area contributed by atoms with Crippen molar-refractivity contribution < 1.29 is 9.21 Å². The molecule has 0 aliphatic carbocycles. The second-order valence-electron chi connectivity index (χ2n) is 6.89. The van der Waals surface area contributed by atoms with Crippen molar-refractivity contribution in [3.8, 4) is 11.5 Å². The first-order valence-electron chi connectivity index (χ1n) is 9.76. The van der Waals surface area contributed by atoms with Gasteiger partial charge in [0.15, 0.2) is 5.69 Å². The highest BCUT2D eigenvalue weighted by Crippen LogP contribution is 2.26. The SMILES string of the molecule is CC/C=C(/CCNC(=O)c1nc(-c2ccccc2)oc1C)c1cc(Cl)ccc1C. The molecule has 0 saturated carbocycles. The van der Waals surface area contributed by atoms with Gasteiger partial charge < -0.3 is 9.73 Å². The van der Waals surface area contributed by atoms with E-state index in [1.165, 1.54) is 11.1 Å². The summed E-state index contributed by atoms with van der Waals surface area (Å²) in [4.78, 5) is 17.0. The molecule has 0 spiro atoms. The highest BCUT2D eigenvalue weighted by atomic mass is 35.5. The highest BCUT2D eigenvalue weighted by molar-refractivity contribution is 6.30. The lowest BCUT2D eigenvalue weighted by molar-refractivity contribution is 0.0948. The Kier molecular flexibility index (Phi) is 6.89. The summed E-state index contributed by atoms with van der Waals surface area (Å²) in [5, 5.41) is 3.67. The first kappa shape index (κ1) is 20.9. The summed E-state index contributed by atoms with van der Waals surface area (Å²) in [6.45, 7) is 6.43. The molecule has 0 bridgehead atoms. The Bertz CT molecular complexity index is 1020. The van der Waals surface area contributed by atoms with Crippen LogP contribution in [0, 0.1) is 13.8 Å². The van der Waals surface area contributed by atoms with Crippen molar-refractivity contribution in [3.05, 3.63) is 82.2 Å². The predicted octanol–water partition coefficient (Wildman–Crippen LogP) is 6.23. The van der Waals surface area contributed by atoms with Gasteiger partial charge in [-0.3, -0.25) is 4.79 Å². The molecule has 0 aliphatic heterocycles. The lowest BCUT2D eigenvalue weighted by Gasteiger charge is -2.12. The van der Waals surface area contributed by atoms with Crippen LogP contribution in [-0.2, 0) is 0 Å². The topological polar surface area (TPSA) is 55.1 Å². The molecule has 0 atom stereocenters. The van der Waals surface area contributed by atoms with E-state index < -0.39 is 0 Å².